The van der Waals surface area contributed by atoms with Crippen LogP contribution in [0.5, 0.6) is 0 Å². The van der Waals surface area contributed by atoms with Crippen LogP contribution in [-0.2, 0) is 0 Å². The van der Waals surface area contributed by atoms with Crippen LogP contribution in [-0.4, -0.2) is 21.7 Å². The molecule has 0 radical (unpaired) electrons. The average molecular weight is 303 g/mol. The van der Waals surface area contributed by atoms with Crippen molar-refractivity contribution in [2.45, 2.75) is 31.5 Å². The van der Waals surface area contributed by atoms with Gasteiger partial charge in [-0.3, -0.25) is 5.43 Å². The van der Waals surface area contributed by atoms with Gasteiger partial charge in [-0.2, -0.15) is 18.2 Å². The molecule has 0 atom stereocenters. The van der Waals surface area contributed by atoms with Crippen molar-refractivity contribution in [1.82, 2.24) is 9.97 Å². The fourth-order valence-electron chi connectivity index (χ4n) is 2.03. The number of nitrogens with one attached hydrogen (secondary N) is 2. The van der Waals surface area contributed by atoms with Crippen molar-refractivity contribution in [2.24, 2.45) is 5.84 Å². The van der Waals surface area contributed by atoms with Crippen LogP contribution >= 0.6 is 11.3 Å². The number of hydrogen-bond acceptors (Lipinski definition) is 6. The summed E-state index contributed by atoms with van der Waals surface area (Å²) in [7, 11) is 0. The number of hydrogen-bond donors (Lipinski definition) is 3. The van der Waals surface area contributed by atoms with E-state index in [0.717, 1.165) is 4.88 Å². The molecular weight excluding hydrogens is 291 g/mol. The predicted molar refractivity (Wildman–Crippen MR) is 71.6 cm³/mol. The van der Waals surface area contributed by atoms with Gasteiger partial charge in [0.05, 0.1) is 5.39 Å². The molecule has 0 amide bonds. The van der Waals surface area contributed by atoms with Crippen LogP contribution in [0.2, 0.25) is 0 Å². The number of nitrogens with zero attached hydrogens (tertiary/aromatic N) is 2. The van der Waals surface area contributed by atoms with Gasteiger partial charge in [0.25, 0.3) is 0 Å². The van der Waals surface area contributed by atoms with Gasteiger partial charge in [0.2, 0.25) is 5.95 Å². The molecule has 4 N–H and O–H groups in total. The Morgan fingerprint density at radius 3 is 2.60 bits per heavy atom. The Balaban J connectivity index is 2.06. The number of aryl methyl sites for hydroxylation is 1. The van der Waals surface area contributed by atoms with Gasteiger partial charge in [0.1, 0.15) is 16.2 Å². The zero-order chi connectivity index (χ0) is 14.5. The van der Waals surface area contributed by atoms with E-state index in [1.165, 1.54) is 11.3 Å². The molecular formula is C11H12F3N5S. The smallest absolute Gasteiger partial charge is 0.356 e. The SMILES string of the molecule is Cc1cc2c(NC3(C(F)(F)F)CC3)nc(NN)nc2s1. The van der Waals surface area contributed by atoms with Gasteiger partial charge in [-0.05, 0) is 25.8 Å². The molecule has 20 heavy (non-hydrogen) atoms. The van der Waals surface area contributed by atoms with E-state index < -0.39 is 11.7 Å². The van der Waals surface area contributed by atoms with E-state index >= 15 is 0 Å². The van der Waals surface area contributed by atoms with Crippen molar-refractivity contribution in [2.75, 3.05) is 10.7 Å². The third-order valence-corrected chi connectivity index (χ3v) is 4.24. The molecule has 5 nitrogen and oxygen atoms in total. The Hall–Kier alpha value is -1.61. The van der Waals surface area contributed by atoms with Gasteiger partial charge >= 0.3 is 6.18 Å². The van der Waals surface area contributed by atoms with Gasteiger partial charge in [0, 0.05) is 4.88 Å². The maximum absolute atomic E-state index is 13.0. The molecule has 0 spiro atoms. The molecule has 108 valence electrons. The fourth-order valence-corrected chi connectivity index (χ4v) is 2.91. The molecule has 1 saturated carbocycles. The summed E-state index contributed by atoms with van der Waals surface area (Å²) in [4.78, 5) is 9.71. The van der Waals surface area contributed by atoms with Gasteiger partial charge in [-0.25, -0.2) is 10.8 Å². The molecule has 2 aromatic heterocycles. The Kier molecular flexibility index (Phi) is 2.80. The fraction of sp³-hybridized carbons (Fsp3) is 0.455. The minimum atomic E-state index is -4.30. The zero-order valence-corrected chi connectivity index (χ0v) is 11.3. The summed E-state index contributed by atoms with van der Waals surface area (Å²) in [6.45, 7) is 1.86. The first-order valence-electron chi connectivity index (χ1n) is 5.94. The van der Waals surface area contributed by atoms with Crippen molar-refractivity contribution in [3.63, 3.8) is 0 Å². The number of fused-ring (bicyclic) bond motifs is 1. The molecule has 0 aromatic carbocycles. The van der Waals surface area contributed by atoms with E-state index in [9.17, 15) is 13.2 Å². The Bertz CT molecular complexity index is 662. The number of nitrogen functional groups attached to an aromatic ring is 1. The second-order valence-corrected chi connectivity index (χ2v) is 6.06. The number of thiophene rings is 1. The van der Waals surface area contributed by atoms with Crippen LogP contribution in [0.1, 0.15) is 17.7 Å². The molecule has 1 aliphatic carbocycles. The number of nitrogens with two attached hydrogens (primary N) is 1. The summed E-state index contributed by atoms with van der Waals surface area (Å²) < 4.78 is 39.1. The highest BCUT2D eigenvalue weighted by atomic mass is 32.1. The van der Waals surface area contributed by atoms with Crippen LogP contribution in [0.25, 0.3) is 10.2 Å². The van der Waals surface area contributed by atoms with Gasteiger partial charge in [-0.15, -0.1) is 11.3 Å². The highest BCUT2D eigenvalue weighted by Gasteiger charge is 2.63. The first-order chi connectivity index (χ1) is 9.34. The lowest BCUT2D eigenvalue weighted by Crippen LogP contribution is -2.39. The van der Waals surface area contributed by atoms with Crippen LogP contribution in [0.4, 0.5) is 24.9 Å². The molecule has 0 aliphatic heterocycles. The molecule has 9 heteroatoms. The summed E-state index contributed by atoms with van der Waals surface area (Å²) >= 11 is 1.38. The number of anilines is 2. The minimum Gasteiger partial charge on any atom is -0.356 e. The Labute approximate surface area is 116 Å². The van der Waals surface area contributed by atoms with Gasteiger partial charge in [-0.1, -0.05) is 0 Å². The standard InChI is InChI=1S/C11H12F3N5S/c1-5-4-6-7(16-9(19-15)17-8(6)20-5)18-10(2-3-10)11(12,13)14/h4H,2-3,15H2,1H3,(H2,16,17,18,19). The second-order valence-electron chi connectivity index (χ2n) is 4.82. The molecule has 2 heterocycles. The number of halogens is 3. The predicted octanol–water partition coefficient (Wildman–Crippen LogP) is 2.79. The van der Waals surface area contributed by atoms with Crippen molar-refractivity contribution in [1.29, 1.82) is 0 Å². The lowest BCUT2D eigenvalue weighted by atomic mass is 10.2. The van der Waals surface area contributed by atoms with E-state index in [-0.39, 0.29) is 24.6 Å². The summed E-state index contributed by atoms with van der Waals surface area (Å²) in [5, 5.41) is 3.12. The molecule has 0 unspecified atom stereocenters. The molecule has 2 aromatic rings. The van der Waals surface area contributed by atoms with Gasteiger partial charge < -0.3 is 5.32 Å². The normalized spacial score (nSPS) is 17.2. The lowest BCUT2D eigenvalue weighted by molar-refractivity contribution is -0.151. The number of rotatable bonds is 3. The van der Waals surface area contributed by atoms with Crippen molar-refractivity contribution < 1.29 is 13.2 Å². The lowest BCUT2D eigenvalue weighted by Gasteiger charge is -2.21. The quantitative estimate of drug-likeness (QED) is 0.600. The van der Waals surface area contributed by atoms with E-state index in [1.807, 2.05) is 6.92 Å². The number of hydrazine groups is 1. The van der Waals surface area contributed by atoms with Crippen LogP contribution in [0.15, 0.2) is 6.07 Å². The molecule has 1 fully saturated rings. The number of alkyl halides is 3. The topological polar surface area (TPSA) is 75.9 Å². The maximum Gasteiger partial charge on any atom is 0.411 e. The highest BCUT2D eigenvalue weighted by molar-refractivity contribution is 7.18. The molecule has 1 aliphatic rings. The molecule has 0 bridgehead atoms. The third kappa shape index (κ3) is 2.06. The van der Waals surface area contributed by atoms with Crippen LogP contribution in [0, 0.1) is 6.92 Å². The zero-order valence-electron chi connectivity index (χ0n) is 10.5. The van der Waals surface area contributed by atoms with E-state index in [4.69, 9.17) is 5.84 Å². The monoisotopic (exact) mass is 303 g/mol. The Morgan fingerprint density at radius 2 is 2.05 bits per heavy atom. The van der Waals surface area contributed by atoms with E-state index in [1.54, 1.807) is 6.07 Å². The summed E-state index contributed by atoms with van der Waals surface area (Å²) in [6, 6.07) is 1.77. The third-order valence-electron chi connectivity index (χ3n) is 3.30. The first-order valence-corrected chi connectivity index (χ1v) is 6.76. The van der Waals surface area contributed by atoms with Crippen molar-refractivity contribution >= 4 is 33.3 Å². The van der Waals surface area contributed by atoms with Gasteiger partial charge in [0.15, 0.2) is 0 Å². The number of aromatic nitrogens is 2. The van der Waals surface area contributed by atoms with Crippen molar-refractivity contribution in [3.8, 4) is 0 Å². The van der Waals surface area contributed by atoms with Crippen LogP contribution < -0.4 is 16.6 Å². The molecule has 0 saturated heterocycles. The first kappa shape index (κ1) is 13.4. The van der Waals surface area contributed by atoms with Crippen molar-refractivity contribution in [3.05, 3.63) is 10.9 Å². The highest BCUT2D eigenvalue weighted by Crippen LogP contribution is 2.51. The Morgan fingerprint density at radius 1 is 1.35 bits per heavy atom. The summed E-state index contributed by atoms with van der Waals surface area (Å²) in [5.74, 6) is 5.53. The summed E-state index contributed by atoms with van der Waals surface area (Å²) in [6.07, 6.45) is -4.20. The van der Waals surface area contributed by atoms with E-state index in [2.05, 4.69) is 20.7 Å². The van der Waals surface area contributed by atoms with Crippen LogP contribution in [0.3, 0.4) is 0 Å². The minimum absolute atomic E-state index is 0.0521. The van der Waals surface area contributed by atoms with E-state index in [0.29, 0.717) is 10.2 Å². The molecule has 3 rings (SSSR count). The summed E-state index contributed by atoms with van der Waals surface area (Å²) in [5.41, 5.74) is 0.412. The largest absolute Gasteiger partial charge is 0.411 e. The average Bonchev–Trinajstić information content (AvgIpc) is 3.04. The maximum atomic E-state index is 13.0. The second kappa shape index (κ2) is 4.19.